The molecule has 0 unspecified atom stereocenters. The van der Waals surface area contributed by atoms with Gasteiger partial charge in [-0.25, -0.2) is 9.67 Å². The number of aromatic nitrogens is 5. The Bertz CT molecular complexity index is 1170. The van der Waals surface area contributed by atoms with Crippen LogP contribution in [0.2, 0.25) is 0 Å². The van der Waals surface area contributed by atoms with Gasteiger partial charge >= 0.3 is 6.36 Å². The summed E-state index contributed by atoms with van der Waals surface area (Å²) >= 11 is 0. The number of hydrogen-bond acceptors (Lipinski definition) is 7. The molecule has 4 rings (SSSR count). The van der Waals surface area contributed by atoms with Crippen LogP contribution in [-0.2, 0) is 6.54 Å². The van der Waals surface area contributed by atoms with Gasteiger partial charge in [0, 0.05) is 11.3 Å². The fourth-order valence-corrected chi connectivity index (χ4v) is 2.76. The van der Waals surface area contributed by atoms with Crippen molar-refractivity contribution >= 4 is 5.69 Å². The fraction of sp³-hybridized carbons (Fsp3) is 0.158. The van der Waals surface area contributed by atoms with Gasteiger partial charge in [-0.3, -0.25) is 0 Å². The van der Waals surface area contributed by atoms with E-state index in [1.165, 1.54) is 12.1 Å². The second-order valence-corrected chi connectivity index (χ2v) is 6.38. The fourth-order valence-electron chi connectivity index (χ4n) is 2.76. The molecule has 154 valence electrons. The number of benzene rings is 2. The Hall–Kier alpha value is -3.89. The third-order valence-corrected chi connectivity index (χ3v) is 4.10. The molecule has 0 bridgehead atoms. The molecule has 0 spiro atoms. The van der Waals surface area contributed by atoms with E-state index in [-0.39, 0.29) is 23.3 Å². The van der Waals surface area contributed by atoms with Gasteiger partial charge in [0.15, 0.2) is 0 Å². The molecule has 0 saturated heterocycles. The van der Waals surface area contributed by atoms with Crippen LogP contribution >= 0.6 is 0 Å². The molecule has 2 heterocycles. The van der Waals surface area contributed by atoms with Gasteiger partial charge in [0.2, 0.25) is 11.6 Å². The summed E-state index contributed by atoms with van der Waals surface area (Å²) in [5, 5.41) is 8.27. The van der Waals surface area contributed by atoms with Gasteiger partial charge in [-0.2, -0.15) is 4.98 Å². The zero-order valence-corrected chi connectivity index (χ0v) is 15.6. The average Bonchev–Trinajstić information content (AvgIpc) is 3.29. The van der Waals surface area contributed by atoms with Crippen LogP contribution < -0.4 is 10.5 Å². The molecule has 2 aromatic heterocycles. The molecule has 2 aromatic carbocycles. The molecule has 0 amide bonds. The van der Waals surface area contributed by atoms with Crippen LogP contribution in [-0.4, -0.2) is 31.3 Å². The van der Waals surface area contributed by atoms with E-state index in [0.717, 1.165) is 17.7 Å². The number of nitrogens with zero attached hydrogens (tertiary/aromatic N) is 5. The topological polar surface area (TPSA) is 105 Å². The number of aryl methyl sites for hydroxylation is 1. The summed E-state index contributed by atoms with van der Waals surface area (Å²) in [6.07, 6.45) is -4.76. The maximum Gasteiger partial charge on any atom is 0.573 e. The molecule has 8 nitrogen and oxygen atoms in total. The largest absolute Gasteiger partial charge is 0.573 e. The highest BCUT2D eigenvalue weighted by molar-refractivity contribution is 5.57. The van der Waals surface area contributed by atoms with E-state index in [4.69, 9.17) is 10.3 Å². The molecule has 0 saturated carbocycles. The Balaban J connectivity index is 1.53. The molecule has 0 aliphatic carbocycles. The van der Waals surface area contributed by atoms with Crippen molar-refractivity contribution in [1.82, 2.24) is 24.9 Å². The molecule has 0 radical (unpaired) electrons. The second kappa shape index (κ2) is 7.50. The molecule has 4 aromatic rings. The second-order valence-electron chi connectivity index (χ2n) is 6.38. The summed E-state index contributed by atoms with van der Waals surface area (Å²) in [5.41, 5.74) is 7.85. The van der Waals surface area contributed by atoms with Crippen LogP contribution in [0.15, 0.2) is 53.1 Å². The van der Waals surface area contributed by atoms with E-state index < -0.39 is 6.36 Å². The van der Waals surface area contributed by atoms with Crippen molar-refractivity contribution in [3.05, 3.63) is 59.9 Å². The molecule has 0 aliphatic heterocycles. The first kappa shape index (κ1) is 19.4. The molecule has 0 aliphatic rings. The SMILES string of the molecule is Cc1nc(-c2noc(-c3ccc(OC(F)(F)F)cc3)n2)nn1Cc1cccc(N)c1. The summed E-state index contributed by atoms with van der Waals surface area (Å²) in [7, 11) is 0. The van der Waals surface area contributed by atoms with Crippen LogP contribution in [0.3, 0.4) is 0 Å². The zero-order chi connectivity index (χ0) is 21.3. The first-order chi connectivity index (χ1) is 14.3. The number of alkyl halides is 3. The zero-order valence-electron chi connectivity index (χ0n) is 15.6. The number of nitrogens with two attached hydrogens (primary N) is 1. The normalized spacial score (nSPS) is 11.6. The van der Waals surface area contributed by atoms with Crippen molar-refractivity contribution in [3.63, 3.8) is 0 Å². The van der Waals surface area contributed by atoms with Gasteiger partial charge in [-0.1, -0.05) is 17.3 Å². The van der Waals surface area contributed by atoms with Gasteiger partial charge in [0.1, 0.15) is 11.6 Å². The van der Waals surface area contributed by atoms with Gasteiger partial charge in [-0.05, 0) is 48.9 Å². The number of nitrogen functional groups attached to an aromatic ring is 1. The molecular weight excluding hydrogens is 401 g/mol. The smallest absolute Gasteiger partial charge is 0.406 e. The van der Waals surface area contributed by atoms with E-state index in [1.54, 1.807) is 17.7 Å². The molecule has 30 heavy (non-hydrogen) atoms. The number of halogens is 3. The van der Waals surface area contributed by atoms with Crippen LogP contribution in [0, 0.1) is 6.92 Å². The third kappa shape index (κ3) is 4.40. The summed E-state index contributed by atoms with van der Waals surface area (Å²) in [6, 6.07) is 12.5. The summed E-state index contributed by atoms with van der Waals surface area (Å²) < 4.78 is 47.5. The predicted molar refractivity (Wildman–Crippen MR) is 100 cm³/mol. The summed E-state index contributed by atoms with van der Waals surface area (Å²) in [4.78, 5) is 8.58. The lowest BCUT2D eigenvalue weighted by atomic mass is 10.2. The summed E-state index contributed by atoms with van der Waals surface area (Å²) in [6.45, 7) is 2.26. The van der Waals surface area contributed by atoms with Crippen molar-refractivity contribution in [2.45, 2.75) is 19.8 Å². The highest BCUT2D eigenvalue weighted by atomic mass is 19.4. The predicted octanol–water partition coefficient (Wildman–Crippen LogP) is 3.83. The van der Waals surface area contributed by atoms with Crippen LogP contribution in [0.1, 0.15) is 11.4 Å². The van der Waals surface area contributed by atoms with Crippen LogP contribution in [0.5, 0.6) is 5.75 Å². The van der Waals surface area contributed by atoms with E-state index in [0.29, 0.717) is 23.6 Å². The number of ether oxygens (including phenoxy) is 1. The Morgan fingerprint density at radius 2 is 1.83 bits per heavy atom. The third-order valence-electron chi connectivity index (χ3n) is 4.10. The van der Waals surface area contributed by atoms with Crippen molar-refractivity contribution in [3.8, 4) is 28.9 Å². The van der Waals surface area contributed by atoms with Gasteiger partial charge in [0.25, 0.3) is 5.89 Å². The first-order valence-corrected chi connectivity index (χ1v) is 8.73. The lowest BCUT2D eigenvalue weighted by Crippen LogP contribution is -2.16. The van der Waals surface area contributed by atoms with Gasteiger partial charge < -0.3 is 15.0 Å². The highest BCUT2D eigenvalue weighted by Crippen LogP contribution is 2.26. The van der Waals surface area contributed by atoms with E-state index >= 15 is 0 Å². The minimum atomic E-state index is -4.76. The lowest BCUT2D eigenvalue weighted by molar-refractivity contribution is -0.274. The minimum absolute atomic E-state index is 0.119. The van der Waals surface area contributed by atoms with E-state index in [2.05, 4.69) is 25.0 Å². The first-order valence-electron chi connectivity index (χ1n) is 8.73. The lowest BCUT2D eigenvalue weighted by Gasteiger charge is -2.08. The van der Waals surface area contributed by atoms with Crippen molar-refractivity contribution < 1.29 is 22.4 Å². The van der Waals surface area contributed by atoms with Crippen molar-refractivity contribution in [1.29, 1.82) is 0 Å². The maximum absolute atomic E-state index is 12.3. The molecular formula is C19H15F3N6O2. The average molecular weight is 416 g/mol. The summed E-state index contributed by atoms with van der Waals surface area (Å²) in [5.74, 6) is 0.850. The van der Waals surface area contributed by atoms with Crippen LogP contribution in [0.4, 0.5) is 18.9 Å². The van der Waals surface area contributed by atoms with Crippen molar-refractivity contribution in [2.24, 2.45) is 0 Å². The number of hydrogen-bond donors (Lipinski definition) is 1. The van der Waals surface area contributed by atoms with Gasteiger partial charge in [0.05, 0.1) is 6.54 Å². The Morgan fingerprint density at radius 1 is 1.07 bits per heavy atom. The maximum atomic E-state index is 12.3. The molecule has 0 fully saturated rings. The van der Waals surface area contributed by atoms with Crippen molar-refractivity contribution in [2.75, 3.05) is 5.73 Å². The van der Waals surface area contributed by atoms with Crippen LogP contribution in [0.25, 0.3) is 23.1 Å². The number of rotatable bonds is 5. The Labute approximate surface area is 168 Å². The number of anilines is 1. The molecule has 2 N–H and O–H groups in total. The Morgan fingerprint density at radius 3 is 2.53 bits per heavy atom. The molecule has 11 heteroatoms. The van der Waals surface area contributed by atoms with E-state index in [9.17, 15) is 13.2 Å². The highest BCUT2D eigenvalue weighted by Gasteiger charge is 2.31. The van der Waals surface area contributed by atoms with Gasteiger partial charge in [-0.15, -0.1) is 18.3 Å². The quantitative estimate of drug-likeness (QED) is 0.493. The minimum Gasteiger partial charge on any atom is -0.406 e. The monoisotopic (exact) mass is 416 g/mol. The molecule has 0 atom stereocenters. The standard InChI is InChI=1S/C19H15F3N6O2/c1-11-24-16(26-28(11)10-12-3-2-4-14(23)9-12)17-25-18(30-27-17)13-5-7-15(8-6-13)29-19(20,21)22/h2-9H,10,23H2,1H3. The Kier molecular flexibility index (Phi) is 4.86. The van der Waals surface area contributed by atoms with E-state index in [1.807, 2.05) is 18.2 Å².